The summed E-state index contributed by atoms with van der Waals surface area (Å²) in [6.45, 7) is 7.39. The van der Waals surface area contributed by atoms with Crippen molar-refractivity contribution in [2.24, 2.45) is 0 Å². The van der Waals surface area contributed by atoms with Gasteiger partial charge in [-0.3, -0.25) is 0 Å². The van der Waals surface area contributed by atoms with Crippen molar-refractivity contribution in [2.45, 2.75) is 19.4 Å². The quantitative estimate of drug-likeness (QED) is 0.426. The van der Waals surface area contributed by atoms with Crippen LogP contribution >= 0.6 is 11.6 Å². The Morgan fingerprint density at radius 1 is 1.21 bits per heavy atom. The molecule has 0 N–H and O–H groups in total. The first-order chi connectivity index (χ1) is 13.8. The molecule has 0 aliphatic heterocycles. The lowest BCUT2D eigenvalue weighted by molar-refractivity contribution is 0.00429. The van der Waals surface area contributed by atoms with Crippen LogP contribution in [-0.4, -0.2) is 30.1 Å². The summed E-state index contributed by atoms with van der Waals surface area (Å²) in [5, 5.41) is 4.28. The maximum atomic E-state index is 13.8. The lowest BCUT2D eigenvalue weighted by Gasteiger charge is -2.14. The molecule has 0 fully saturated rings. The summed E-state index contributed by atoms with van der Waals surface area (Å²) in [5.74, 6) is -3.43. The molecule has 1 aromatic carbocycles. The van der Waals surface area contributed by atoms with Crippen LogP contribution < -0.4 is 0 Å². The first kappa shape index (κ1) is 19.0. The van der Waals surface area contributed by atoms with Crippen LogP contribution in [0.15, 0.2) is 42.9 Å². The summed E-state index contributed by atoms with van der Waals surface area (Å²) in [7, 11) is 0. The van der Waals surface area contributed by atoms with Gasteiger partial charge in [0.2, 0.25) is 5.65 Å². The smallest absolute Gasteiger partial charge is 0.275 e. The van der Waals surface area contributed by atoms with Crippen LogP contribution in [0, 0.1) is 12.4 Å². The summed E-state index contributed by atoms with van der Waals surface area (Å²) in [6, 6.07) is 7.24. The molecule has 0 amide bonds. The highest BCUT2D eigenvalue weighted by Gasteiger charge is 2.27. The highest BCUT2D eigenvalue weighted by atomic mass is 35.5. The monoisotopic (exact) mass is 416 g/mol. The van der Waals surface area contributed by atoms with E-state index >= 15 is 0 Å². The predicted molar refractivity (Wildman–Crippen MR) is 101 cm³/mol. The second kappa shape index (κ2) is 6.90. The van der Waals surface area contributed by atoms with Crippen molar-refractivity contribution in [3.63, 3.8) is 0 Å². The molecular formula is C19H12ClF3N6. The number of halogens is 4. The number of benzene rings is 1. The van der Waals surface area contributed by atoms with Crippen LogP contribution in [0.25, 0.3) is 33.1 Å². The third-order valence-electron chi connectivity index (χ3n) is 4.18. The third kappa shape index (κ3) is 3.54. The van der Waals surface area contributed by atoms with Crippen molar-refractivity contribution in [1.82, 2.24) is 24.1 Å². The number of alkyl halides is 2. The first-order valence-electron chi connectivity index (χ1n) is 8.38. The maximum absolute atomic E-state index is 13.8. The molecular weight excluding hydrogens is 405 g/mol. The maximum Gasteiger partial charge on any atom is 0.275 e. The zero-order chi connectivity index (χ0) is 20.8. The number of nitrogens with zero attached hydrogens (tertiary/aromatic N) is 6. The number of imidazole rings is 2. The van der Waals surface area contributed by atoms with E-state index in [1.165, 1.54) is 39.8 Å². The molecule has 0 saturated heterocycles. The molecule has 3 heterocycles. The van der Waals surface area contributed by atoms with E-state index in [0.717, 1.165) is 6.92 Å². The second-order valence-electron chi connectivity index (χ2n) is 6.49. The first-order valence-corrected chi connectivity index (χ1v) is 8.75. The highest BCUT2D eigenvalue weighted by molar-refractivity contribution is 6.31. The van der Waals surface area contributed by atoms with Crippen LogP contribution in [0.1, 0.15) is 6.92 Å². The van der Waals surface area contributed by atoms with Gasteiger partial charge in [0.25, 0.3) is 11.7 Å². The van der Waals surface area contributed by atoms with Gasteiger partial charge in [-0.25, -0.2) is 23.1 Å². The average Bonchev–Trinajstić information content (AvgIpc) is 3.25. The molecule has 0 aliphatic rings. The molecule has 6 nitrogen and oxygen atoms in total. The molecule has 4 rings (SSSR count). The normalized spacial score (nSPS) is 11.7. The van der Waals surface area contributed by atoms with Gasteiger partial charge in [-0.2, -0.15) is 0 Å². The molecule has 0 radical (unpaired) electrons. The third-order valence-corrected chi connectivity index (χ3v) is 4.47. The Hall–Kier alpha value is -3.38. The Kier molecular flexibility index (Phi) is 4.51. The summed E-state index contributed by atoms with van der Waals surface area (Å²) in [5.41, 5.74) is 1.80. The van der Waals surface area contributed by atoms with Gasteiger partial charge in [0, 0.05) is 18.6 Å². The SMILES string of the molecule is [C-]#[N+]c1cnc2ccc(-c3c(-c4ccc(F)c(Cl)c4)ncn3CC(C)(F)F)nn12. The number of aromatic nitrogens is 5. The van der Waals surface area contributed by atoms with E-state index in [-0.39, 0.29) is 10.8 Å². The van der Waals surface area contributed by atoms with Gasteiger partial charge in [-0.15, -0.1) is 4.52 Å². The Morgan fingerprint density at radius 3 is 2.69 bits per heavy atom. The van der Waals surface area contributed by atoms with Crippen molar-refractivity contribution in [3.8, 4) is 22.6 Å². The van der Waals surface area contributed by atoms with Gasteiger partial charge in [0.1, 0.15) is 11.5 Å². The Bertz CT molecular complexity index is 1270. The Morgan fingerprint density at radius 2 is 2.00 bits per heavy atom. The molecule has 146 valence electrons. The van der Waals surface area contributed by atoms with Crippen LogP contribution in [0.3, 0.4) is 0 Å². The fraction of sp³-hybridized carbons (Fsp3) is 0.158. The molecule has 0 atom stereocenters. The van der Waals surface area contributed by atoms with E-state index in [2.05, 4.69) is 19.9 Å². The van der Waals surface area contributed by atoms with Gasteiger partial charge in [0.15, 0.2) is 0 Å². The van der Waals surface area contributed by atoms with Gasteiger partial charge in [-0.1, -0.05) is 23.3 Å². The van der Waals surface area contributed by atoms with Crippen LogP contribution in [0.4, 0.5) is 19.0 Å². The number of hydrogen-bond acceptors (Lipinski definition) is 3. The van der Waals surface area contributed by atoms with Gasteiger partial charge >= 0.3 is 0 Å². The molecule has 4 aromatic rings. The molecule has 0 saturated carbocycles. The standard InChI is InChI=1S/C19H12ClF3N6/c1-19(22,23)9-28-10-26-17(11-3-4-13(21)12(20)7-11)18(28)14-5-6-15-25-8-16(24-2)29(15)27-14/h3-8,10H,9H2,1H3. The molecule has 0 spiro atoms. The summed E-state index contributed by atoms with van der Waals surface area (Å²) < 4.78 is 43.7. The van der Waals surface area contributed by atoms with Crippen LogP contribution in [0.2, 0.25) is 5.02 Å². The number of rotatable bonds is 4. The highest BCUT2D eigenvalue weighted by Crippen LogP contribution is 2.34. The van der Waals surface area contributed by atoms with Crippen molar-refractivity contribution >= 4 is 23.1 Å². The molecule has 3 aromatic heterocycles. The zero-order valence-electron chi connectivity index (χ0n) is 14.9. The minimum atomic E-state index is -3.01. The second-order valence-corrected chi connectivity index (χ2v) is 6.89. The Balaban J connectivity index is 1.95. The lowest BCUT2D eigenvalue weighted by Crippen LogP contribution is -2.19. The zero-order valence-corrected chi connectivity index (χ0v) is 15.7. The molecule has 0 aliphatic carbocycles. The van der Waals surface area contributed by atoms with Gasteiger partial charge in [-0.05, 0) is 24.3 Å². The molecule has 0 bridgehead atoms. The van der Waals surface area contributed by atoms with E-state index in [1.807, 2.05) is 0 Å². The predicted octanol–water partition coefficient (Wildman–Crippen LogP) is 5.26. The fourth-order valence-corrected chi connectivity index (χ4v) is 3.17. The van der Waals surface area contributed by atoms with E-state index < -0.39 is 18.3 Å². The minimum absolute atomic E-state index is 0.114. The summed E-state index contributed by atoms with van der Waals surface area (Å²) in [4.78, 5) is 11.7. The lowest BCUT2D eigenvalue weighted by atomic mass is 10.1. The van der Waals surface area contributed by atoms with Gasteiger partial charge in [0.05, 0.1) is 35.5 Å². The summed E-state index contributed by atoms with van der Waals surface area (Å²) in [6.07, 6.45) is 2.65. The van der Waals surface area contributed by atoms with Gasteiger partial charge < -0.3 is 9.41 Å². The molecule has 0 unspecified atom stereocenters. The minimum Gasteiger partial charge on any atom is -0.360 e. The van der Waals surface area contributed by atoms with Crippen molar-refractivity contribution in [1.29, 1.82) is 0 Å². The topological polar surface area (TPSA) is 52.4 Å². The molecule has 10 heteroatoms. The summed E-state index contributed by atoms with van der Waals surface area (Å²) >= 11 is 5.89. The fourth-order valence-electron chi connectivity index (χ4n) is 2.99. The molecule has 29 heavy (non-hydrogen) atoms. The largest absolute Gasteiger partial charge is 0.360 e. The van der Waals surface area contributed by atoms with Crippen molar-refractivity contribution in [2.75, 3.05) is 0 Å². The van der Waals surface area contributed by atoms with Crippen LogP contribution in [0.5, 0.6) is 0 Å². The average molecular weight is 417 g/mol. The number of hydrogen-bond donors (Lipinski definition) is 0. The van der Waals surface area contributed by atoms with E-state index in [9.17, 15) is 13.2 Å². The van der Waals surface area contributed by atoms with E-state index in [0.29, 0.717) is 28.3 Å². The van der Waals surface area contributed by atoms with E-state index in [1.54, 1.807) is 12.1 Å². The van der Waals surface area contributed by atoms with Crippen molar-refractivity contribution in [3.05, 3.63) is 65.1 Å². The van der Waals surface area contributed by atoms with Crippen molar-refractivity contribution < 1.29 is 13.2 Å². The van der Waals surface area contributed by atoms with E-state index in [4.69, 9.17) is 18.2 Å². The number of fused-ring (bicyclic) bond motifs is 1. The van der Waals surface area contributed by atoms with Crippen LogP contribution in [-0.2, 0) is 6.54 Å². The Labute approximate surface area is 168 Å².